The molecule has 8 heteroatoms. The highest BCUT2D eigenvalue weighted by molar-refractivity contribution is 6.06. The molecule has 0 unspecified atom stereocenters. The lowest BCUT2D eigenvalue weighted by Gasteiger charge is -2.32. The Balaban J connectivity index is 1.72. The summed E-state index contributed by atoms with van der Waals surface area (Å²) in [6.07, 6.45) is -0.273. The molecule has 8 nitrogen and oxygen atoms in total. The standard InChI is InChI=1S/C28H28N4O4/c1-18-10-9-11-19(2)24(18)30-27(35)25(21-14-7-4-8-15-21)32(17-20-12-5-3-6-13-20)23(33)16-22-26(34)31-28(36)29-22/h3-15,22,25H,16-17H2,1-2H3,(H,30,35)(H2,29,31,34,36)/t22-,25-/m1/s1. The van der Waals surface area contributed by atoms with Gasteiger partial charge in [-0.05, 0) is 36.1 Å². The molecule has 0 aromatic heterocycles. The molecular formula is C28H28N4O4. The fourth-order valence-corrected chi connectivity index (χ4v) is 4.31. The van der Waals surface area contributed by atoms with Gasteiger partial charge in [-0.1, -0.05) is 78.9 Å². The van der Waals surface area contributed by atoms with Crippen molar-refractivity contribution in [3.8, 4) is 0 Å². The maximum atomic E-state index is 13.9. The second-order valence-corrected chi connectivity index (χ2v) is 8.80. The molecule has 3 aromatic carbocycles. The number of aryl methyl sites for hydroxylation is 2. The van der Waals surface area contributed by atoms with Gasteiger partial charge in [0, 0.05) is 12.2 Å². The molecule has 1 aliphatic rings. The average molecular weight is 485 g/mol. The monoisotopic (exact) mass is 484 g/mol. The molecule has 0 bridgehead atoms. The van der Waals surface area contributed by atoms with E-state index in [9.17, 15) is 19.2 Å². The molecule has 184 valence electrons. The van der Waals surface area contributed by atoms with E-state index < -0.39 is 29.9 Å². The van der Waals surface area contributed by atoms with Crippen LogP contribution < -0.4 is 16.0 Å². The molecule has 1 heterocycles. The summed E-state index contributed by atoms with van der Waals surface area (Å²) in [4.78, 5) is 52.7. The number of hydrogen-bond acceptors (Lipinski definition) is 4. The number of anilines is 1. The van der Waals surface area contributed by atoms with Crippen molar-refractivity contribution in [3.63, 3.8) is 0 Å². The van der Waals surface area contributed by atoms with E-state index in [1.54, 1.807) is 12.1 Å². The minimum absolute atomic E-state index is 0.141. The molecule has 5 amide bonds. The van der Waals surface area contributed by atoms with Crippen LogP contribution >= 0.6 is 0 Å². The van der Waals surface area contributed by atoms with Crippen molar-refractivity contribution in [2.45, 2.75) is 38.9 Å². The second-order valence-electron chi connectivity index (χ2n) is 8.80. The SMILES string of the molecule is Cc1cccc(C)c1NC(=O)[C@@H](c1ccccc1)N(Cc1ccccc1)C(=O)C[C@H]1NC(=O)NC1=O. The maximum absolute atomic E-state index is 13.9. The first kappa shape index (κ1) is 24.7. The van der Waals surface area contributed by atoms with E-state index >= 15 is 0 Å². The smallest absolute Gasteiger partial charge is 0.322 e. The molecule has 1 fully saturated rings. The third-order valence-corrected chi connectivity index (χ3v) is 6.16. The van der Waals surface area contributed by atoms with Gasteiger partial charge in [-0.2, -0.15) is 0 Å². The first-order valence-corrected chi connectivity index (χ1v) is 11.7. The van der Waals surface area contributed by atoms with Gasteiger partial charge in [0.1, 0.15) is 12.1 Å². The maximum Gasteiger partial charge on any atom is 0.322 e. The Bertz CT molecular complexity index is 1260. The molecular weight excluding hydrogens is 456 g/mol. The largest absolute Gasteiger partial charge is 0.325 e. The van der Waals surface area contributed by atoms with Gasteiger partial charge in [0.05, 0.1) is 6.42 Å². The summed E-state index contributed by atoms with van der Waals surface area (Å²) in [5.74, 6) is -1.38. The van der Waals surface area contributed by atoms with Crippen molar-refractivity contribution in [1.29, 1.82) is 0 Å². The number of amides is 5. The fourth-order valence-electron chi connectivity index (χ4n) is 4.31. The van der Waals surface area contributed by atoms with Gasteiger partial charge in [0.15, 0.2) is 0 Å². The predicted molar refractivity (Wildman–Crippen MR) is 136 cm³/mol. The molecule has 0 spiro atoms. The normalized spacial score (nSPS) is 15.6. The van der Waals surface area contributed by atoms with Crippen molar-refractivity contribution < 1.29 is 19.2 Å². The second kappa shape index (κ2) is 10.9. The highest BCUT2D eigenvalue weighted by atomic mass is 16.2. The average Bonchev–Trinajstić information content (AvgIpc) is 3.18. The Kier molecular flexibility index (Phi) is 7.44. The lowest BCUT2D eigenvalue weighted by Crippen LogP contribution is -2.44. The molecule has 0 aliphatic carbocycles. The summed E-state index contributed by atoms with van der Waals surface area (Å²) >= 11 is 0. The van der Waals surface area contributed by atoms with Crippen molar-refractivity contribution in [3.05, 3.63) is 101 Å². The number of para-hydroxylation sites is 1. The number of nitrogens with one attached hydrogen (secondary N) is 3. The third-order valence-electron chi connectivity index (χ3n) is 6.16. The van der Waals surface area contributed by atoms with Crippen LogP contribution in [0.4, 0.5) is 10.5 Å². The summed E-state index contributed by atoms with van der Waals surface area (Å²) in [7, 11) is 0. The van der Waals surface area contributed by atoms with Crippen LogP contribution in [0.15, 0.2) is 78.9 Å². The summed E-state index contributed by atoms with van der Waals surface area (Å²) in [6.45, 7) is 3.96. The highest BCUT2D eigenvalue weighted by Crippen LogP contribution is 2.28. The summed E-state index contributed by atoms with van der Waals surface area (Å²) in [5, 5.41) is 7.64. The molecule has 3 aromatic rings. The first-order chi connectivity index (χ1) is 17.3. The van der Waals surface area contributed by atoms with Gasteiger partial charge >= 0.3 is 6.03 Å². The van der Waals surface area contributed by atoms with Crippen LogP contribution in [0.2, 0.25) is 0 Å². The van der Waals surface area contributed by atoms with Crippen LogP contribution in [-0.2, 0) is 20.9 Å². The zero-order valence-electron chi connectivity index (χ0n) is 20.2. The van der Waals surface area contributed by atoms with E-state index in [2.05, 4.69) is 16.0 Å². The van der Waals surface area contributed by atoms with Gasteiger partial charge in [0.25, 0.3) is 11.8 Å². The summed E-state index contributed by atoms with van der Waals surface area (Å²) in [6, 6.07) is 21.5. The number of nitrogens with zero attached hydrogens (tertiary/aromatic N) is 1. The predicted octanol–water partition coefficient (Wildman–Crippen LogP) is 3.61. The van der Waals surface area contributed by atoms with E-state index in [0.717, 1.165) is 16.7 Å². The lowest BCUT2D eigenvalue weighted by atomic mass is 10.0. The van der Waals surface area contributed by atoms with Crippen LogP contribution in [0.3, 0.4) is 0 Å². The van der Waals surface area contributed by atoms with Gasteiger partial charge < -0.3 is 15.5 Å². The number of urea groups is 1. The Hall–Kier alpha value is -4.46. The van der Waals surface area contributed by atoms with E-state index in [0.29, 0.717) is 11.3 Å². The number of carbonyl (C=O) groups is 4. The number of carbonyl (C=O) groups excluding carboxylic acids is 4. The third kappa shape index (κ3) is 5.60. The zero-order valence-corrected chi connectivity index (χ0v) is 20.2. The van der Waals surface area contributed by atoms with Crippen molar-refractivity contribution >= 4 is 29.4 Å². The summed E-state index contributed by atoms with van der Waals surface area (Å²) in [5.41, 5.74) is 3.96. The quantitative estimate of drug-likeness (QED) is 0.425. The first-order valence-electron chi connectivity index (χ1n) is 11.7. The van der Waals surface area contributed by atoms with E-state index in [4.69, 9.17) is 0 Å². The van der Waals surface area contributed by atoms with E-state index in [-0.39, 0.29) is 18.9 Å². The fraction of sp³-hybridized carbons (Fsp3) is 0.214. The molecule has 36 heavy (non-hydrogen) atoms. The highest BCUT2D eigenvalue weighted by Gasteiger charge is 2.37. The number of benzene rings is 3. The molecule has 4 rings (SSSR count). The van der Waals surface area contributed by atoms with Gasteiger partial charge in [0.2, 0.25) is 5.91 Å². The van der Waals surface area contributed by atoms with Crippen LogP contribution in [-0.4, -0.2) is 34.7 Å². The minimum Gasteiger partial charge on any atom is -0.325 e. The van der Waals surface area contributed by atoms with E-state index in [1.807, 2.05) is 80.6 Å². The van der Waals surface area contributed by atoms with Crippen molar-refractivity contribution in [1.82, 2.24) is 15.5 Å². The van der Waals surface area contributed by atoms with Crippen LogP contribution in [0.5, 0.6) is 0 Å². The van der Waals surface area contributed by atoms with Crippen molar-refractivity contribution in [2.75, 3.05) is 5.32 Å². The van der Waals surface area contributed by atoms with Gasteiger partial charge in [-0.25, -0.2) is 4.79 Å². The van der Waals surface area contributed by atoms with Crippen LogP contribution in [0.25, 0.3) is 0 Å². The molecule has 3 N–H and O–H groups in total. The van der Waals surface area contributed by atoms with Crippen molar-refractivity contribution in [2.24, 2.45) is 0 Å². The van der Waals surface area contributed by atoms with Gasteiger partial charge in [-0.3, -0.25) is 19.7 Å². The number of rotatable bonds is 8. The van der Waals surface area contributed by atoms with Crippen LogP contribution in [0, 0.1) is 13.8 Å². The van der Waals surface area contributed by atoms with E-state index in [1.165, 1.54) is 4.90 Å². The lowest BCUT2D eigenvalue weighted by molar-refractivity contribution is -0.141. The minimum atomic E-state index is -0.999. The molecule has 0 saturated carbocycles. The Labute approximate surface area is 209 Å². The molecule has 1 aliphatic heterocycles. The molecule has 2 atom stereocenters. The molecule has 0 radical (unpaired) electrons. The zero-order chi connectivity index (χ0) is 25.7. The Morgan fingerprint density at radius 3 is 2.08 bits per heavy atom. The Morgan fingerprint density at radius 2 is 1.50 bits per heavy atom. The number of imide groups is 1. The Morgan fingerprint density at radius 1 is 0.889 bits per heavy atom. The summed E-state index contributed by atoms with van der Waals surface area (Å²) < 4.78 is 0. The topological polar surface area (TPSA) is 108 Å². The van der Waals surface area contributed by atoms with Gasteiger partial charge in [-0.15, -0.1) is 0 Å². The van der Waals surface area contributed by atoms with Crippen LogP contribution in [0.1, 0.15) is 34.7 Å². The molecule has 1 saturated heterocycles. The number of hydrogen-bond donors (Lipinski definition) is 3.